The minimum absolute atomic E-state index is 0.257. The topological polar surface area (TPSA) is 74.5 Å². The summed E-state index contributed by atoms with van der Waals surface area (Å²) < 4.78 is 5.69. The standard InChI is InChI=1S/C25H24N2O3/c28-21(23-17-20-13-7-8-14-22(20)30-23)15-16-26-25(29)27-24(18-9-3-1-4-10-18)19-11-5-2-6-12-19/h1-14,17,21,24,28H,15-16H2,(H2,26,27,29). The van der Waals surface area contributed by atoms with Crippen LogP contribution in [0.5, 0.6) is 0 Å². The van der Waals surface area contributed by atoms with Crippen molar-refractivity contribution in [2.24, 2.45) is 0 Å². The van der Waals surface area contributed by atoms with Gasteiger partial charge in [0.15, 0.2) is 0 Å². The van der Waals surface area contributed by atoms with Gasteiger partial charge in [-0.05, 0) is 29.7 Å². The van der Waals surface area contributed by atoms with E-state index in [2.05, 4.69) is 10.6 Å². The molecular weight excluding hydrogens is 376 g/mol. The van der Waals surface area contributed by atoms with E-state index in [4.69, 9.17) is 4.42 Å². The lowest BCUT2D eigenvalue weighted by atomic mass is 9.99. The molecule has 2 amide bonds. The van der Waals surface area contributed by atoms with E-state index in [0.29, 0.717) is 18.7 Å². The normalized spacial score (nSPS) is 12.1. The van der Waals surface area contributed by atoms with Crippen LogP contribution in [-0.4, -0.2) is 17.7 Å². The Morgan fingerprint density at radius 3 is 2.10 bits per heavy atom. The third-order valence-corrected chi connectivity index (χ3v) is 5.02. The second-order valence-corrected chi connectivity index (χ2v) is 7.15. The molecule has 0 spiro atoms. The van der Waals surface area contributed by atoms with Gasteiger partial charge in [-0.25, -0.2) is 4.79 Å². The van der Waals surface area contributed by atoms with Crippen LogP contribution in [0.3, 0.4) is 0 Å². The highest BCUT2D eigenvalue weighted by Gasteiger charge is 2.17. The molecule has 1 heterocycles. The summed E-state index contributed by atoms with van der Waals surface area (Å²) in [6.07, 6.45) is -0.425. The zero-order valence-corrected chi connectivity index (χ0v) is 16.5. The molecule has 1 unspecified atom stereocenters. The summed E-state index contributed by atoms with van der Waals surface area (Å²) in [4.78, 5) is 12.5. The third kappa shape index (κ3) is 4.70. The Morgan fingerprint density at radius 1 is 0.867 bits per heavy atom. The quantitative estimate of drug-likeness (QED) is 0.411. The van der Waals surface area contributed by atoms with Crippen molar-refractivity contribution < 1.29 is 14.3 Å². The van der Waals surface area contributed by atoms with Gasteiger partial charge in [-0.15, -0.1) is 0 Å². The lowest BCUT2D eigenvalue weighted by molar-refractivity contribution is 0.142. The molecule has 152 valence electrons. The molecular formula is C25H24N2O3. The van der Waals surface area contributed by atoms with E-state index in [1.807, 2.05) is 91.0 Å². The first kappa shape index (κ1) is 19.7. The number of urea groups is 1. The first-order chi connectivity index (χ1) is 14.7. The van der Waals surface area contributed by atoms with Gasteiger partial charge in [0.2, 0.25) is 0 Å². The summed E-state index contributed by atoms with van der Waals surface area (Å²) in [6.45, 7) is 0.320. The van der Waals surface area contributed by atoms with Crippen molar-refractivity contribution in [3.8, 4) is 0 Å². The van der Waals surface area contributed by atoms with Gasteiger partial charge in [0.1, 0.15) is 17.4 Å². The molecule has 5 nitrogen and oxygen atoms in total. The van der Waals surface area contributed by atoms with Crippen molar-refractivity contribution in [1.29, 1.82) is 0 Å². The Balaban J connectivity index is 1.35. The minimum Gasteiger partial charge on any atom is -0.458 e. The van der Waals surface area contributed by atoms with Gasteiger partial charge in [-0.1, -0.05) is 78.9 Å². The molecule has 1 atom stereocenters. The number of furan rings is 1. The van der Waals surface area contributed by atoms with E-state index in [1.54, 1.807) is 0 Å². The van der Waals surface area contributed by atoms with Gasteiger partial charge in [0.05, 0.1) is 6.04 Å². The van der Waals surface area contributed by atoms with Crippen molar-refractivity contribution in [2.75, 3.05) is 6.54 Å². The first-order valence-electron chi connectivity index (χ1n) is 10.0. The monoisotopic (exact) mass is 400 g/mol. The Hall–Kier alpha value is -3.57. The van der Waals surface area contributed by atoms with Gasteiger partial charge in [-0.2, -0.15) is 0 Å². The number of para-hydroxylation sites is 1. The number of carbonyl (C=O) groups is 1. The number of hydrogen-bond acceptors (Lipinski definition) is 3. The molecule has 0 aliphatic carbocycles. The molecule has 0 saturated heterocycles. The van der Waals surface area contributed by atoms with Crippen molar-refractivity contribution in [3.63, 3.8) is 0 Å². The smallest absolute Gasteiger partial charge is 0.315 e. The number of benzene rings is 3. The number of amides is 2. The molecule has 1 aromatic heterocycles. The van der Waals surface area contributed by atoms with Crippen molar-refractivity contribution in [3.05, 3.63) is 108 Å². The Morgan fingerprint density at radius 2 is 1.47 bits per heavy atom. The van der Waals surface area contributed by atoms with Crippen LogP contribution in [0.1, 0.15) is 35.5 Å². The summed E-state index contributed by atoms with van der Waals surface area (Å²) in [5.74, 6) is 0.504. The average molecular weight is 400 g/mol. The highest BCUT2D eigenvalue weighted by atomic mass is 16.4. The fourth-order valence-corrected chi connectivity index (χ4v) is 3.46. The van der Waals surface area contributed by atoms with Crippen molar-refractivity contribution >= 4 is 17.0 Å². The van der Waals surface area contributed by atoms with Crippen LogP contribution in [0.15, 0.2) is 95.4 Å². The predicted molar refractivity (Wildman–Crippen MR) is 117 cm³/mol. The van der Waals surface area contributed by atoms with E-state index in [9.17, 15) is 9.90 Å². The van der Waals surface area contributed by atoms with Crippen LogP contribution < -0.4 is 10.6 Å². The van der Waals surface area contributed by atoms with Gasteiger partial charge in [-0.3, -0.25) is 0 Å². The Kier molecular flexibility index (Phi) is 6.11. The number of aliphatic hydroxyl groups excluding tert-OH is 1. The molecule has 4 aromatic rings. The van der Waals surface area contributed by atoms with Crippen LogP contribution >= 0.6 is 0 Å². The molecule has 0 fully saturated rings. The molecule has 0 saturated carbocycles. The second kappa shape index (κ2) is 9.29. The third-order valence-electron chi connectivity index (χ3n) is 5.02. The van der Waals surface area contributed by atoms with Crippen LogP contribution in [0.2, 0.25) is 0 Å². The predicted octanol–water partition coefficient (Wildman–Crippen LogP) is 4.95. The molecule has 0 radical (unpaired) electrons. The largest absolute Gasteiger partial charge is 0.458 e. The van der Waals surface area contributed by atoms with Crippen LogP contribution in [0, 0.1) is 0 Å². The molecule has 5 heteroatoms. The number of carbonyl (C=O) groups excluding carboxylic acids is 1. The number of nitrogens with one attached hydrogen (secondary N) is 2. The summed E-state index contributed by atoms with van der Waals surface area (Å²) in [5, 5.41) is 17.2. The van der Waals surface area contributed by atoms with Gasteiger partial charge in [0.25, 0.3) is 0 Å². The lowest BCUT2D eigenvalue weighted by Crippen LogP contribution is -2.39. The number of fused-ring (bicyclic) bond motifs is 1. The summed E-state index contributed by atoms with van der Waals surface area (Å²) in [6, 6.07) is 28.6. The highest BCUT2D eigenvalue weighted by molar-refractivity contribution is 5.77. The van der Waals surface area contributed by atoms with E-state index in [1.165, 1.54) is 0 Å². The maximum Gasteiger partial charge on any atom is 0.315 e. The maximum atomic E-state index is 12.5. The fraction of sp³-hybridized carbons (Fsp3) is 0.160. The number of hydrogen-bond donors (Lipinski definition) is 3. The summed E-state index contributed by atoms with van der Waals surface area (Å²) >= 11 is 0. The molecule has 0 bridgehead atoms. The van der Waals surface area contributed by atoms with Crippen molar-refractivity contribution in [2.45, 2.75) is 18.6 Å². The minimum atomic E-state index is -0.781. The van der Waals surface area contributed by atoms with E-state index >= 15 is 0 Å². The van der Waals surface area contributed by atoms with Gasteiger partial charge < -0.3 is 20.2 Å². The van der Waals surface area contributed by atoms with E-state index in [-0.39, 0.29) is 12.1 Å². The van der Waals surface area contributed by atoms with Gasteiger partial charge in [0, 0.05) is 11.9 Å². The average Bonchev–Trinajstić information content (AvgIpc) is 3.23. The van der Waals surface area contributed by atoms with E-state index < -0.39 is 6.10 Å². The van der Waals surface area contributed by atoms with Crippen molar-refractivity contribution in [1.82, 2.24) is 10.6 Å². The maximum absolute atomic E-state index is 12.5. The molecule has 30 heavy (non-hydrogen) atoms. The van der Waals surface area contributed by atoms with Gasteiger partial charge >= 0.3 is 6.03 Å². The molecule has 4 rings (SSSR count). The molecule has 0 aliphatic heterocycles. The number of aliphatic hydroxyl groups is 1. The zero-order valence-electron chi connectivity index (χ0n) is 16.5. The Bertz CT molecular complexity index is 1020. The van der Waals surface area contributed by atoms with Crippen LogP contribution in [0.25, 0.3) is 11.0 Å². The zero-order chi connectivity index (χ0) is 20.8. The highest BCUT2D eigenvalue weighted by Crippen LogP contribution is 2.25. The molecule has 0 aliphatic rings. The number of rotatable bonds is 7. The van der Waals surface area contributed by atoms with E-state index in [0.717, 1.165) is 22.1 Å². The molecule has 3 aromatic carbocycles. The molecule has 3 N–H and O–H groups in total. The SMILES string of the molecule is O=C(NCCC(O)c1cc2ccccc2o1)NC(c1ccccc1)c1ccccc1. The summed E-state index contributed by atoms with van der Waals surface area (Å²) in [7, 11) is 0. The fourth-order valence-electron chi connectivity index (χ4n) is 3.46. The second-order valence-electron chi connectivity index (χ2n) is 7.15. The van der Waals surface area contributed by atoms with Crippen LogP contribution in [0.4, 0.5) is 4.79 Å². The lowest BCUT2D eigenvalue weighted by Gasteiger charge is -2.20. The summed E-state index contributed by atoms with van der Waals surface area (Å²) in [5.41, 5.74) is 2.74. The Labute approximate surface area is 175 Å². The van der Waals surface area contributed by atoms with Crippen LogP contribution in [-0.2, 0) is 0 Å². The first-order valence-corrected chi connectivity index (χ1v) is 10.0.